The summed E-state index contributed by atoms with van der Waals surface area (Å²) in [4.78, 5) is 16.5. The lowest BCUT2D eigenvalue weighted by Crippen LogP contribution is -2.16. The van der Waals surface area contributed by atoms with Gasteiger partial charge in [0.15, 0.2) is 0 Å². The van der Waals surface area contributed by atoms with Crippen LogP contribution in [-0.2, 0) is 11.2 Å². The molecule has 0 aliphatic rings. The van der Waals surface area contributed by atoms with Gasteiger partial charge in [-0.05, 0) is 20.3 Å². The maximum absolute atomic E-state index is 11.0. The molecular weight excluding hydrogens is 210 g/mol. The Labute approximate surface area is 94.2 Å². The number of carboxylic acid groups (broad SMARTS) is 1. The molecule has 1 aromatic rings. The fourth-order valence-corrected chi connectivity index (χ4v) is 2.51. The van der Waals surface area contributed by atoms with Crippen molar-refractivity contribution in [3.63, 3.8) is 0 Å². The highest BCUT2D eigenvalue weighted by Crippen LogP contribution is 2.21. The third-order valence-corrected chi connectivity index (χ3v) is 3.58. The predicted molar refractivity (Wildman–Crippen MR) is 61.3 cm³/mol. The van der Waals surface area contributed by atoms with E-state index >= 15 is 0 Å². The smallest absolute Gasteiger partial charge is 0.306 e. The number of thiazole rings is 1. The van der Waals surface area contributed by atoms with Crippen LogP contribution in [0.5, 0.6) is 0 Å². The first kappa shape index (κ1) is 12.2. The summed E-state index contributed by atoms with van der Waals surface area (Å²) in [5, 5.41) is 9.97. The van der Waals surface area contributed by atoms with E-state index in [1.807, 2.05) is 20.8 Å². The van der Waals surface area contributed by atoms with Crippen molar-refractivity contribution in [2.24, 2.45) is 5.92 Å². The van der Waals surface area contributed by atoms with E-state index in [4.69, 9.17) is 5.11 Å². The quantitative estimate of drug-likeness (QED) is 0.841. The Morgan fingerprint density at radius 1 is 1.53 bits per heavy atom. The van der Waals surface area contributed by atoms with Crippen molar-refractivity contribution < 1.29 is 9.90 Å². The minimum Gasteiger partial charge on any atom is -0.481 e. The Bertz CT molecular complexity index is 327. The minimum atomic E-state index is -0.706. The number of carboxylic acids is 1. The van der Waals surface area contributed by atoms with Gasteiger partial charge in [-0.25, -0.2) is 4.98 Å². The molecule has 4 heteroatoms. The Morgan fingerprint density at radius 2 is 2.20 bits per heavy atom. The third kappa shape index (κ3) is 3.30. The summed E-state index contributed by atoms with van der Waals surface area (Å²) < 4.78 is 0. The first-order valence-corrected chi connectivity index (χ1v) is 6.02. The monoisotopic (exact) mass is 227 g/mol. The summed E-state index contributed by atoms with van der Waals surface area (Å²) in [5.41, 5.74) is 1.02. The maximum atomic E-state index is 11.0. The zero-order valence-electron chi connectivity index (χ0n) is 9.41. The normalized spacial score (nSPS) is 12.7. The predicted octanol–water partition coefficient (Wildman–Crippen LogP) is 2.80. The van der Waals surface area contributed by atoms with Crippen LogP contribution in [0, 0.1) is 19.8 Å². The van der Waals surface area contributed by atoms with E-state index in [0.717, 1.165) is 23.5 Å². The Morgan fingerprint density at radius 3 is 2.60 bits per heavy atom. The second-order valence-corrected chi connectivity index (χ2v) is 5.06. The van der Waals surface area contributed by atoms with Gasteiger partial charge in [-0.1, -0.05) is 13.3 Å². The molecule has 0 radical (unpaired) electrons. The molecule has 0 spiro atoms. The van der Waals surface area contributed by atoms with E-state index < -0.39 is 5.97 Å². The summed E-state index contributed by atoms with van der Waals surface area (Å²) in [5.74, 6) is -0.984. The van der Waals surface area contributed by atoms with E-state index in [9.17, 15) is 4.79 Å². The number of aromatic nitrogens is 1. The van der Waals surface area contributed by atoms with Crippen LogP contribution in [0.1, 0.15) is 35.3 Å². The molecule has 1 rings (SSSR count). The van der Waals surface area contributed by atoms with Crippen molar-refractivity contribution in [1.29, 1.82) is 0 Å². The number of aryl methyl sites for hydroxylation is 2. The highest BCUT2D eigenvalue weighted by Gasteiger charge is 2.18. The highest BCUT2D eigenvalue weighted by atomic mass is 32.1. The molecule has 0 aliphatic heterocycles. The van der Waals surface area contributed by atoms with E-state index in [2.05, 4.69) is 4.98 Å². The van der Waals surface area contributed by atoms with Gasteiger partial charge in [-0.3, -0.25) is 4.79 Å². The molecule has 0 bridgehead atoms. The van der Waals surface area contributed by atoms with Gasteiger partial charge < -0.3 is 5.11 Å². The molecule has 0 aliphatic carbocycles. The van der Waals surface area contributed by atoms with Crippen LogP contribution in [0.15, 0.2) is 0 Å². The zero-order chi connectivity index (χ0) is 11.4. The van der Waals surface area contributed by atoms with E-state index in [1.165, 1.54) is 4.88 Å². The molecule has 0 amide bonds. The molecule has 1 unspecified atom stereocenters. The topological polar surface area (TPSA) is 50.2 Å². The first-order valence-electron chi connectivity index (χ1n) is 5.20. The number of hydrogen-bond acceptors (Lipinski definition) is 3. The van der Waals surface area contributed by atoms with Gasteiger partial charge in [0.05, 0.1) is 16.6 Å². The van der Waals surface area contributed by atoms with E-state index in [-0.39, 0.29) is 5.92 Å². The van der Waals surface area contributed by atoms with Crippen LogP contribution in [0.2, 0.25) is 0 Å². The van der Waals surface area contributed by atoms with Gasteiger partial charge in [0.25, 0.3) is 0 Å². The van der Waals surface area contributed by atoms with Crippen LogP contribution in [0.3, 0.4) is 0 Å². The fraction of sp³-hybridized carbons (Fsp3) is 0.636. The SMILES string of the molecule is CCCC(Cc1nc(C)c(C)s1)C(=O)O. The fourth-order valence-electron chi connectivity index (χ4n) is 1.50. The largest absolute Gasteiger partial charge is 0.481 e. The molecule has 0 fully saturated rings. The average molecular weight is 227 g/mol. The van der Waals surface area contributed by atoms with Gasteiger partial charge in [-0.15, -0.1) is 11.3 Å². The Hall–Kier alpha value is -0.900. The molecule has 0 saturated carbocycles. The zero-order valence-corrected chi connectivity index (χ0v) is 10.2. The molecular formula is C11H17NO2S. The van der Waals surface area contributed by atoms with Crippen molar-refractivity contribution in [2.45, 2.75) is 40.0 Å². The molecule has 1 N–H and O–H groups in total. The molecule has 1 heterocycles. The second-order valence-electron chi connectivity index (χ2n) is 3.78. The lowest BCUT2D eigenvalue weighted by atomic mass is 10.0. The van der Waals surface area contributed by atoms with Crippen LogP contribution >= 0.6 is 11.3 Å². The molecule has 0 aromatic carbocycles. The highest BCUT2D eigenvalue weighted by molar-refractivity contribution is 7.11. The van der Waals surface area contributed by atoms with Crippen molar-refractivity contribution in [3.05, 3.63) is 15.6 Å². The van der Waals surface area contributed by atoms with Crippen LogP contribution in [0.25, 0.3) is 0 Å². The lowest BCUT2D eigenvalue weighted by Gasteiger charge is -2.08. The average Bonchev–Trinajstić information content (AvgIpc) is 2.45. The van der Waals surface area contributed by atoms with Crippen molar-refractivity contribution in [3.8, 4) is 0 Å². The minimum absolute atomic E-state index is 0.278. The van der Waals surface area contributed by atoms with Gasteiger partial charge in [-0.2, -0.15) is 0 Å². The number of rotatable bonds is 5. The van der Waals surface area contributed by atoms with Crippen molar-refractivity contribution in [2.75, 3.05) is 0 Å². The van der Waals surface area contributed by atoms with E-state index in [1.54, 1.807) is 11.3 Å². The standard InChI is InChI=1S/C11H17NO2S/c1-4-5-9(11(13)14)6-10-12-7(2)8(3)15-10/h9H,4-6H2,1-3H3,(H,13,14). The summed E-state index contributed by atoms with van der Waals surface area (Å²) in [6, 6.07) is 0. The number of carbonyl (C=O) groups is 1. The van der Waals surface area contributed by atoms with Gasteiger partial charge in [0.2, 0.25) is 0 Å². The number of hydrogen-bond donors (Lipinski definition) is 1. The van der Waals surface area contributed by atoms with Gasteiger partial charge in [0.1, 0.15) is 0 Å². The Balaban J connectivity index is 2.69. The summed E-state index contributed by atoms with van der Waals surface area (Å²) >= 11 is 1.61. The van der Waals surface area contributed by atoms with Gasteiger partial charge in [0, 0.05) is 11.3 Å². The summed E-state index contributed by atoms with van der Waals surface area (Å²) in [6.07, 6.45) is 2.20. The Kier molecular flexibility index (Phi) is 4.27. The summed E-state index contributed by atoms with van der Waals surface area (Å²) in [7, 11) is 0. The number of nitrogens with zero attached hydrogens (tertiary/aromatic N) is 1. The van der Waals surface area contributed by atoms with Crippen LogP contribution < -0.4 is 0 Å². The van der Waals surface area contributed by atoms with E-state index in [0.29, 0.717) is 6.42 Å². The molecule has 1 atom stereocenters. The molecule has 84 valence electrons. The number of aliphatic carboxylic acids is 1. The maximum Gasteiger partial charge on any atom is 0.306 e. The first-order chi connectivity index (χ1) is 7.04. The van der Waals surface area contributed by atoms with Crippen molar-refractivity contribution in [1.82, 2.24) is 4.98 Å². The molecule has 3 nitrogen and oxygen atoms in total. The third-order valence-electron chi connectivity index (χ3n) is 2.48. The van der Waals surface area contributed by atoms with Crippen molar-refractivity contribution >= 4 is 17.3 Å². The second kappa shape index (κ2) is 5.26. The van der Waals surface area contributed by atoms with Gasteiger partial charge >= 0.3 is 5.97 Å². The molecule has 1 aromatic heterocycles. The lowest BCUT2D eigenvalue weighted by molar-refractivity contribution is -0.141. The van der Waals surface area contributed by atoms with Crippen LogP contribution in [-0.4, -0.2) is 16.1 Å². The summed E-state index contributed by atoms with van der Waals surface area (Å²) in [6.45, 7) is 5.99. The molecule has 0 saturated heterocycles. The molecule has 15 heavy (non-hydrogen) atoms. The van der Waals surface area contributed by atoms with Crippen LogP contribution in [0.4, 0.5) is 0 Å².